The van der Waals surface area contributed by atoms with Gasteiger partial charge in [0.1, 0.15) is 0 Å². The zero-order chi connectivity index (χ0) is 14.1. The van der Waals surface area contributed by atoms with Crippen LogP contribution in [0.4, 0.5) is 0 Å². The van der Waals surface area contributed by atoms with Crippen molar-refractivity contribution in [1.29, 1.82) is 0 Å². The number of nitrogens with one attached hydrogen (secondary N) is 1. The second-order valence-electron chi connectivity index (χ2n) is 6.57. The Balaban J connectivity index is 1.43. The van der Waals surface area contributed by atoms with Crippen molar-refractivity contribution in [2.24, 2.45) is 0 Å². The summed E-state index contributed by atoms with van der Waals surface area (Å²) in [7, 11) is 0. The SMILES string of the molecule is C1=CN(C2CCN([C@@H]3CCCc4ccccc43)CC2)CN1. The maximum atomic E-state index is 3.29. The van der Waals surface area contributed by atoms with Crippen molar-refractivity contribution in [2.75, 3.05) is 19.8 Å². The van der Waals surface area contributed by atoms with E-state index in [9.17, 15) is 0 Å². The molecule has 1 atom stereocenters. The molecule has 3 nitrogen and oxygen atoms in total. The maximum Gasteiger partial charge on any atom is 0.0870 e. The highest BCUT2D eigenvalue weighted by Gasteiger charge is 2.30. The van der Waals surface area contributed by atoms with Crippen LogP contribution in [0.1, 0.15) is 42.9 Å². The molecule has 1 saturated heterocycles. The van der Waals surface area contributed by atoms with Crippen molar-refractivity contribution in [3.05, 3.63) is 47.8 Å². The van der Waals surface area contributed by atoms with E-state index in [1.165, 1.54) is 45.2 Å². The van der Waals surface area contributed by atoms with Crippen molar-refractivity contribution < 1.29 is 0 Å². The monoisotopic (exact) mass is 283 g/mol. The number of aryl methyl sites for hydroxylation is 1. The molecule has 2 heterocycles. The van der Waals surface area contributed by atoms with E-state index in [0.29, 0.717) is 6.04 Å². The Labute approximate surface area is 127 Å². The van der Waals surface area contributed by atoms with Crippen LogP contribution in [0.2, 0.25) is 0 Å². The predicted octanol–water partition coefficient (Wildman–Crippen LogP) is 2.86. The van der Waals surface area contributed by atoms with Crippen LogP contribution in [0.5, 0.6) is 0 Å². The number of hydrogen-bond acceptors (Lipinski definition) is 3. The largest absolute Gasteiger partial charge is 0.373 e. The third kappa shape index (κ3) is 2.55. The van der Waals surface area contributed by atoms with E-state index in [-0.39, 0.29) is 0 Å². The number of nitrogens with zero attached hydrogens (tertiary/aromatic N) is 2. The van der Waals surface area contributed by atoms with Gasteiger partial charge in [0, 0.05) is 37.6 Å². The average molecular weight is 283 g/mol. The summed E-state index contributed by atoms with van der Waals surface area (Å²) in [4.78, 5) is 5.20. The lowest BCUT2D eigenvalue weighted by Gasteiger charge is -2.42. The van der Waals surface area contributed by atoms with Crippen LogP contribution in [0, 0.1) is 0 Å². The number of piperidine rings is 1. The minimum Gasteiger partial charge on any atom is -0.373 e. The van der Waals surface area contributed by atoms with E-state index in [2.05, 4.69) is 51.8 Å². The van der Waals surface area contributed by atoms with Crippen LogP contribution in [-0.4, -0.2) is 35.6 Å². The Bertz CT molecular complexity index is 517. The standard InChI is InChI=1S/C18H25N3/c1-2-6-17-15(4-1)5-3-7-18(17)20-11-8-16(9-12-20)21-13-10-19-14-21/h1-2,4,6,10,13,16,18-19H,3,5,7-9,11-12,14H2/t18-/m1/s1. The highest BCUT2D eigenvalue weighted by Crippen LogP contribution is 2.36. The summed E-state index contributed by atoms with van der Waals surface area (Å²) in [5.41, 5.74) is 3.19. The number of fused-ring (bicyclic) bond motifs is 1. The molecule has 0 amide bonds. The van der Waals surface area contributed by atoms with Gasteiger partial charge in [0.2, 0.25) is 0 Å². The summed E-state index contributed by atoms with van der Waals surface area (Å²) in [6.07, 6.45) is 10.8. The van der Waals surface area contributed by atoms with Gasteiger partial charge in [-0.1, -0.05) is 24.3 Å². The highest BCUT2D eigenvalue weighted by atomic mass is 15.3. The minimum atomic E-state index is 0.670. The first-order valence-corrected chi connectivity index (χ1v) is 8.39. The third-order valence-electron chi connectivity index (χ3n) is 5.40. The molecule has 21 heavy (non-hydrogen) atoms. The molecule has 1 fully saturated rings. The Morgan fingerprint density at radius 1 is 1.05 bits per heavy atom. The predicted molar refractivity (Wildman–Crippen MR) is 85.7 cm³/mol. The highest BCUT2D eigenvalue weighted by molar-refractivity contribution is 5.32. The molecular formula is C18H25N3. The molecule has 0 bridgehead atoms. The first kappa shape index (κ1) is 13.2. The molecule has 0 unspecified atom stereocenters. The zero-order valence-electron chi connectivity index (χ0n) is 12.7. The summed E-state index contributed by atoms with van der Waals surface area (Å²) < 4.78 is 0. The molecular weight excluding hydrogens is 258 g/mol. The molecule has 3 aliphatic rings. The molecule has 0 spiro atoms. The number of likely N-dealkylation sites (tertiary alicyclic amines) is 1. The molecule has 1 aliphatic carbocycles. The van der Waals surface area contributed by atoms with E-state index in [4.69, 9.17) is 0 Å². The van der Waals surface area contributed by atoms with Gasteiger partial charge in [0.05, 0.1) is 6.67 Å². The Hall–Kier alpha value is -1.48. The smallest absolute Gasteiger partial charge is 0.0870 e. The van der Waals surface area contributed by atoms with Crippen molar-refractivity contribution in [2.45, 2.75) is 44.2 Å². The van der Waals surface area contributed by atoms with E-state index in [0.717, 1.165) is 12.7 Å². The fourth-order valence-electron chi connectivity index (χ4n) is 4.25. The van der Waals surface area contributed by atoms with Gasteiger partial charge in [0.15, 0.2) is 0 Å². The quantitative estimate of drug-likeness (QED) is 0.900. The summed E-state index contributed by atoms with van der Waals surface area (Å²) in [5, 5.41) is 3.29. The topological polar surface area (TPSA) is 18.5 Å². The van der Waals surface area contributed by atoms with Gasteiger partial charge in [0.25, 0.3) is 0 Å². The summed E-state index contributed by atoms with van der Waals surface area (Å²) in [5.74, 6) is 0. The van der Waals surface area contributed by atoms with Crippen molar-refractivity contribution in [3.63, 3.8) is 0 Å². The fraction of sp³-hybridized carbons (Fsp3) is 0.556. The lowest BCUT2D eigenvalue weighted by atomic mass is 9.85. The molecule has 3 heteroatoms. The van der Waals surface area contributed by atoms with E-state index in [1.54, 1.807) is 11.1 Å². The molecule has 2 aliphatic heterocycles. The molecule has 0 saturated carbocycles. The number of hydrogen-bond donors (Lipinski definition) is 1. The van der Waals surface area contributed by atoms with Crippen LogP contribution in [0.25, 0.3) is 0 Å². The maximum absolute atomic E-state index is 3.29. The normalized spacial score (nSPS) is 26.7. The van der Waals surface area contributed by atoms with E-state index in [1.807, 2.05) is 0 Å². The van der Waals surface area contributed by atoms with Crippen LogP contribution < -0.4 is 5.32 Å². The minimum absolute atomic E-state index is 0.670. The van der Waals surface area contributed by atoms with Gasteiger partial charge < -0.3 is 10.2 Å². The summed E-state index contributed by atoms with van der Waals surface area (Å²) in [6, 6.07) is 10.5. The van der Waals surface area contributed by atoms with Gasteiger partial charge in [-0.2, -0.15) is 0 Å². The first-order valence-electron chi connectivity index (χ1n) is 8.39. The summed E-state index contributed by atoms with van der Waals surface area (Å²) in [6.45, 7) is 3.49. The number of rotatable bonds is 2. The van der Waals surface area contributed by atoms with Gasteiger partial charge in [-0.3, -0.25) is 4.90 Å². The molecule has 1 aromatic carbocycles. The Kier molecular flexibility index (Phi) is 3.60. The zero-order valence-corrected chi connectivity index (χ0v) is 12.7. The second kappa shape index (κ2) is 5.72. The number of benzene rings is 1. The molecule has 0 radical (unpaired) electrons. The lowest BCUT2D eigenvalue weighted by molar-refractivity contribution is 0.0997. The van der Waals surface area contributed by atoms with Crippen molar-refractivity contribution in [1.82, 2.24) is 15.1 Å². The molecule has 0 aromatic heterocycles. The van der Waals surface area contributed by atoms with Gasteiger partial charge in [-0.05, 0) is 43.2 Å². The van der Waals surface area contributed by atoms with Gasteiger partial charge in [-0.15, -0.1) is 0 Å². The molecule has 112 valence electrons. The van der Waals surface area contributed by atoms with Gasteiger partial charge >= 0.3 is 0 Å². The average Bonchev–Trinajstić information content (AvgIpc) is 3.09. The van der Waals surface area contributed by atoms with E-state index >= 15 is 0 Å². The van der Waals surface area contributed by atoms with Gasteiger partial charge in [-0.25, -0.2) is 0 Å². The van der Waals surface area contributed by atoms with Crippen molar-refractivity contribution >= 4 is 0 Å². The first-order chi connectivity index (χ1) is 10.4. The van der Waals surface area contributed by atoms with Crippen LogP contribution in [0.3, 0.4) is 0 Å². The summed E-state index contributed by atoms with van der Waals surface area (Å²) >= 11 is 0. The lowest BCUT2D eigenvalue weighted by Crippen LogP contribution is -2.45. The van der Waals surface area contributed by atoms with Crippen LogP contribution >= 0.6 is 0 Å². The van der Waals surface area contributed by atoms with Crippen LogP contribution in [-0.2, 0) is 6.42 Å². The molecule has 1 N–H and O–H groups in total. The Morgan fingerprint density at radius 3 is 2.71 bits per heavy atom. The molecule has 1 aromatic rings. The third-order valence-corrected chi connectivity index (χ3v) is 5.40. The Morgan fingerprint density at radius 2 is 1.90 bits per heavy atom. The second-order valence-corrected chi connectivity index (χ2v) is 6.57. The van der Waals surface area contributed by atoms with Crippen LogP contribution in [0.15, 0.2) is 36.7 Å². The van der Waals surface area contributed by atoms with E-state index < -0.39 is 0 Å². The fourth-order valence-corrected chi connectivity index (χ4v) is 4.25. The van der Waals surface area contributed by atoms with Crippen molar-refractivity contribution in [3.8, 4) is 0 Å². The molecule has 4 rings (SSSR count).